The Morgan fingerprint density at radius 2 is 1.78 bits per heavy atom. The number of hydrogen-bond donors (Lipinski definition) is 1. The molecule has 0 bridgehead atoms. The van der Waals surface area contributed by atoms with Gasteiger partial charge < -0.3 is 15.5 Å². The van der Waals surface area contributed by atoms with Crippen molar-refractivity contribution in [1.29, 1.82) is 0 Å². The summed E-state index contributed by atoms with van der Waals surface area (Å²) in [5.74, 6) is 0.268. The van der Waals surface area contributed by atoms with E-state index in [0.29, 0.717) is 25.4 Å². The lowest BCUT2D eigenvalue weighted by Crippen LogP contribution is -2.46. The van der Waals surface area contributed by atoms with Gasteiger partial charge in [0.15, 0.2) is 0 Å². The van der Waals surface area contributed by atoms with Crippen molar-refractivity contribution < 1.29 is 9.59 Å². The second-order valence-corrected chi connectivity index (χ2v) is 7.16. The van der Waals surface area contributed by atoms with Gasteiger partial charge in [0.05, 0.1) is 11.4 Å². The first-order chi connectivity index (χ1) is 12.7. The minimum absolute atomic E-state index is 0. The number of para-hydroxylation sites is 1. The Hall–Kier alpha value is -2.02. The molecular formula is C20H24ClN3O2S. The monoisotopic (exact) mass is 405 g/mol. The first kappa shape index (κ1) is 21.3. The summed E-state index contributed by atoms with van der Waals surface area (Å²) in [4.78, 5) is 29.6. The largest absolute Gasteiger partial charge is 0.340 e. The topological polar surface area (TPSA) is 66.6 Å². The van der Waals surface area contributed by atoms with Crippen LogP contribution in [-0.4, -0.2) is 48.6 Å². The van der Waals surface area contributed by atoms with Crippen molar-refractivity contribution in [2.75, 3.05) is 36.8 Å². The summed E-state index contributed by atoms with van der Waals surface area (Å²) < 4.78 is 0. The van der Waals surface area contributed by atoms with Crippen molar-refractivity contribution in [1.82, 2.24) is 4.90 Å². The molecule has 0 aliphatic carbocycles. The molecule has 0 saturated heterocycles. The number of amides is 2. The van der Waals surface area contributed by atoms with Gasteiger partial charge in [0, 0.05) is 24.5 Å². The van der Waals surface area contributed by atoms with Crippen LogP contribution in [0.1, 0.15) is 5.56 Å². The molecule has 3 rings (SSSR count). The van der Waals surface area contributed by atoms with E-state index in [1.165, 1.54) is 17.3 Å². The Balaban J connectivity index is 0.00000261. The fourth-order valence-corrected chi connectivity index (χ4v) is 3.92. The average molecular weight is 406 g/mol. The molecule has 0 radical (unpaired) electrons. The van der Waals surface area contributed by atoms with Gasteiger partial charge in [0.1, 0.15) is 6.54 Å². The van der Waals surface area contributed by atoms with Gasteiger partial charge in [-0.3, -0.25) is 9.59 Å². The quantitative estimate of drug-likeness (QED) is 0.768. The van der Waals surface area contributed by atoms with Crippen LogP contribution in [-0.2, 0) is 16.0 Å². The summed E-state index contributed by atoms with van der Waals surface area (Å²) in [5.41, 5.74) is 7.69. The molecule has 2 aromatic rings. The predicted octanol–water partition coefficient (Wildman–Crippen LogP) is 2.58. The third kappa shape index (κ3) is 5.48. The first-order valence-electron chi connectivity index (χ1n) is 8.73. The zero-order chi connectivity index (χ0) is 18.4. The van der Waals surface area contributed by atoms with Crippen LogP contribution >= 0.6 is 24.2 Å². The third-order valence-electron chi connectivity index (χ3n) is 4.37. The number of thioether (sulfide) groups is 1. The molecule has 5 nitrogen and oxygen atoms in total. The normalized spacial score (nSPS) is 12.9. The summed E-state index contributed by atoms with van der Waals surface area (Å²) in [5, 5.41) is 0. The number of rotatable bonds is 7. The second-order valence-electron chi connectivity index (χ2n) is 6.14. The lowest BCUT2D eigenvalue weighted by molar-refractivity contribution is -0.131. The lowest BCUT2D eigenvalue weighted by Gasteiger charge is -2.31. The smallest absolute Gasteiger partial charge is 0.242 e. The highest BCUT2D eigenvalue weighted by molar-refractivity contribution is 8.00. The Morgan fingerprint density at radius 1 is 1.07 bits per heavy atom. The standard InChI is InChI=1S/C20H23N3O2S.ClH/c21-11-13-22(12-10-16-6-2-1-3-7-16)19(24)14-23-17-8-4-5-9-18(17)26-15-20(23)25;/h1-9H,10-15,21H2;1H. The molecule has 1 aliphatic heterocycles. The summed E-state index contributed by atoms with van der Waals surface area (Å²) in [7, 11) is 0. The number of halogens is 1. The number of anilines is 1. The molecule has 2 aromatic carbocycles. The average Bonchev–Trinajstić information content (AvgIpc) is 2.68. The molecule has 0 saturated carbocycles. The van der Waals surface area contributed by atoms with Gasteiger partial charge in [0.2, 0.25) is 11.8 Å². The Bertz CT molecular complexity index is 773. The molecule has 1 heterocycles. The molecule has 0 atom stereocenters. The van der Waals surface area contributed by atoms with Gasteiger partial charge >= 0.3 is 0 Å². The Labute approximate surface area is 170 Å². The van der Waals surface area contributed by atoms with E-state index in [2.05, 4.69) is 0 Å². The van der Waals surface area contributed by atoms with Crippen LogP contribution < -0.4 is 10.6 Å². The molecule has 0 aromatic heterocycles. The molecule has 2 N–H and O–H groups in total. The van der Waals surface area contributed by atoms with E-state index < -0.39 is 0 Å². The summed E-state index contributed by atoms with van der Waals surface area (Å²) in [6, 6.07) is 17.8. The van der Waals surface area contributed by atoms with Crippen molar-refractivity contribution in [2.45, 2.75) is 11.3 Å². The van der Waals surface area contributed by atoms with Gasteiger partial charge in [-0.2, -0.15) is 0 Å². The van der Waals surface area contributed by atoms with E-state index in [1.807, 2.05) is 54.6 Å². The summed E-state index contributed by atoms with van der Waals surface area (Å²) in [6.45, 7) is 1.55. The molecule has 1 aliphatic rings. The van der Waals surface area contributed by atoms with Gasteiger partial charge in [-0.1, -0.05) is 42.5 Å². The molecule has 0 fully saturated rings. The maximum atomic E-state index is 12.8. The van der Waals surface area contributed by atoms with E-state index in [9.17, 15) is 9.59 Å². The number of carbonyl (C=O) groups excluding carboxylic acids is 2. The van der Waals surface area contributed by atoms with Crippen LogP contribution in [0.4, 0.5) is 5.69 Å². The van der Waals surface area contributed by atoms with Crippen LogP contribution in [0.25, 0.3) is 0 Å². The highest BCUT2D eigenvalue weighted by Gasteiger charge is 2.27. The van der Waals surface area contributed by atoms with Gasteiger partial charge in [-0.05, 0) is 24.1 Å². The maximum Gasteiger partial charge on any atom is 0.242 e. The molecule has 7 heteroatoms. The fourth-order valence-electron chi connectivity index (χ4n) is 2.99. The minimum atomic E-state index is -0.0681. The van der Waals surface area contributed by atoms with Crippen LogP contribution in [0.3, 0.4) is 0 Å². The molecule has 144 valence electrons. The van der Waals surface area contributed by atoms with Crippen LogP contribution in [0.2, 0.25) is 0 Å². The number of nitrogens with two attached hydrogens (primary N) is 1. The van der Waals surface area contributed by atoms with Crippen molar-refractivity contribution in [3.8, 4) is 0 Å². The zero-order valence-electron chi connectivity index (χ0n) is 15.0. The predicted molar refractivity (Wildman–Crippen MR) is 113 cm³/mol. The Kier molecular flexibility index (Phi) is 8.16. The molecular weight excluding hydrogens is 382 g/mol. The SMILES string of the molecule is Cl.NCCN(CCc1ccccc1)C(=O)CN1C(=O)CSc2ccccc21. The van der Waals surface area contributed by atoms with Crippen molar-refractivity contribution in [3.63, 3.8) is 0 Å². The second kappa shape index (κ2) is 10.3. The fraction of sp³-hybridized carbons (Fsp3) is 0.300. The third-order valence-corrected chi connectivity index (χ3v) is 5.41. The first-order valence-corrected chi connectivity index (χ1v) is 9.71. The molecule has 0 unspecified atom stereocenters. The summed E-state index contributed by atoms with van der Waals surface area (Å²) in [6.07, 6.45) is 0.771. The number of fused-ring (bicyclic) bond motifs is 1. The van der Waals surface area contributed by atoms with E-state index in [1.54, 1.807) is 9.80 Å². The van der Waals surface area contributed by atoms with Gasteiger partial charge in [0.25, 0.3) is 0 Å². The molecule has 27 heavy (non-hydrogen) atoms. The van der Waals surface area contributed by atoms with E-state index in [4.69, 9.17) is 5.73 Å². The highest BCUT2D eigenvalue weighted by Crippen LogP contribution is 2.34. The van der Waals surface area contributed by atoms with Crippen LogP contribution in [0, 0.1) is 0 Å². The van der Waals surface area contributed by atoms with E-state index in [-0.39, 0.29) is 30.8 Å². The number of carbonyl (C=O) groups is 2. The molecule has 2 amide bonds. The molecule has 0 spiro atoms. The van der Waals surface area contributed by atoms with Gasteiger partial charge in [-0.25, -0.2) is 0 Å². The van der Waals surface area contributed by atoms with Gasteiger partial charge in [-0.15, -0.1) is 24.2 Å². The number of nitrogens with zero attached hydrogens (tertiary/aromatic N) is 2. The van der Waals surface area contributed by atoms with Crippen molar-refractivity contribution in [2.24, 2.45) is 5.73 Å². The number of hydrogen-bond acceptors (Lipinski definition) is 4. The zero-order valence-corrected chi connectivity index (χ0v) is 16.7. The van der Waals surface area contributed by atoms with Crippen molar-refractivity contribution in [3.05, 3.63) is 60.2 Å². The van der Waals surface area contributed by atoms with E-state index in [0.717, 1.165) is 17.0 Å². The van der Waals surface area contributed by atoms with Crippen molar-refractivity contribution >= 4 is 41.7 Å². The summed E-state index contributed by atoms with van der Waals surface area (Å²) >= 11 is 1.52. The van der Waals surface area contributed by atoms with Crippen LogP contribution in [0.5, 0.6) is 0 Å². The number of benzene rings is 2. The van der Waals surface area contributed by atoms with Crippen LogP contribution in [0.15, 0.2) is 59.5 Å². The maximum absolute atomic E-state index is 12.8. The van der Waals surface area contributed by atoms with E-state index >= 15 is 0 Å². The highest BCUT2D eigenvalue weighted by atomic mass is 35.5. The minimum Gasteiger partial charge on any atom is -0.340 e. The Morgan fingerprint density at radius 3 is 2.52 bits per heavy atom. The lowest BCUT2D eigenvalue weighted by atomic mass is 10.1.